The fraction of sp³-hybridized carbons (Fsp3) is 0.158. The van der Waals surface area contributed by atoms with Gasteiger partial charge in [0.25, 0.3) is 5.56 Å². The van der Waals surface area contributed by atoms with Gasteiger partial charge in [0.2, 0.25) is 0 Å². The van der Waals surface area contributed by atoms with Gasteiger partial charge in [-0.15, -0.1) is 0 Å². The van der Waals surface area contributed by atoms with Gasteiger partial charge in [-0.1, -0.05) is 18.2 Å². The first-order valence-corrected chi connectivity index (χ1v) is 8.37. The van der Waals surface area contributed by atoms with Crippen molar-refractivity contribution >= 4 is 10.9 Å². The lowest BCUT2D eigenvalue weighted by Gasteiger charge is -2.13. The van der Waals surface area contributed by atoms with Crippen molar-refractivity contribution in [1.29, 1.82) is 0 Å². The van der Waals surface area contributed by atoms with E-state index in [1.54, 1.807) is 59.7 Å². The summed E-state index contributed by atoms with van der Waals surface area (Å²) >= 11 is 0. The third-order valence-corrected chi connectivity index (χ3v) is 4.29. The van der Waals surface area contributed by atoms with Gasteiger partial charge >= 0.3 is 5.69 Å². The predicted molar refractivity (Wildman–Crippen MR) is 98.4 cm³/mol. The molecule has 0 unspecified atom stereocenters. The molecular weight excluding hydrogens is 330 g/mol. The van der Waals surface area contributed by atoms with E-state index in [2.05, 4.69) is 9.97 Å². The highest BCUT2D eigenvalue weighted by atomic mass is 16.2. The number of benzene rings is 1. The molecule has 7 nitrogen and oxygen atoms in total. The van der Waals surface area contributed by atoms with E-state index >= 15 is 0 Å². The Morgan fingerprint density at radius 1 is 0.923 bits per heavy atom. The summed E-state index contributed by atoms with van der Waals surface area (Å²) in [5.74, 6) is 0.330. The van der Waals surface area contributed by atoms with Crippen molar-refractivity contribution in [2.24, 2.45) is 0 Å². The van der Waals surface area contributed by atoms with Gasteiger partial charge in [-0.05, 0) is 30.7 Å². The second-order valence-electron chi connectivity index (χ2n) is 5.93. The Morgan fingerprint density at radius 3 is 2.54 bits per heavy atom. The van der Waals surface area contributed by atoms with Crippen LogP contribution in [-0.4, -0.2) is 23.7 Å². The van der Waals surface area contributed by atoms with Crippen LogP contribution in [0.5, 0.6) is 0 Å². The minimum atomic E-state index is -0.377. The minimum absolute atomic E-state index is 0.330. The van der Waals surface area contributed by atoms with E-state index in [1.807, 2.05) is 16.8 Å². The summed E-state index contributed by atoms with van der Waals surface area (Å²) in [6.07, 6.45) is 7.66. The molecule has 26 heavy (non-hydrogen) atoms. The second kappa shape index (κ2) is 6.79. The van der Waals surface area contributed by atoms with Crippen LogP contribution in [0.15, 0.2) is 77.0 Å². The van der Waals surface area contributed by atoms with E-state index in [1.165, 1.54) is 0 Å². The quantitative estimate of drug-likeness (QED) is 0.552. The van der Waals surface area contributed by atoms with Crippen molar-refractivity contribution in [2.45, 2.75) is 19.5 Å². The molecule has 0 aliphatic heterocycles. The predicted octanol–water partition coefficient (Wildman–Crippen LogP) is 1.83. The van der Waals surface area contributed by atoms with Crippen LogP contribution in [0.4, 0.5) is 0 Å². The molecule has 0 radical (unpaired) electrons. The molecule has 0 bridgehead atoms. The molecule has 0 atom stereocenters. The maximum absolute atomic E-state index is 13.1. The average molecular weight is 347 g/mol. The Kier molecular flexibility index (Phi) is 4.18. The van der Waals surface area contributed by atoms with E-state index in [9.17, 15) is 9.59 Å². The Balaban J connectivity index is 1.83. The van der Waals surface area contributed by atoms with Crippen LogP contribution in [0.1, 0.15) is 6.42 Å². The fourth-order valence-corrected chi connectivity index (χ4v) is 3.06. The number of rotatable bonds is 5. The first-order valence-electron chi connectivity index (χ1n) is 8.37. The van der Waals surface area contributed by atoms with Gasteiger partial charge in [0, 0.05) is 31.7 Å². The van der Waals surface area contributed by atoms with Gasteiger partial charge in [0.15, 0.2) is 0 Å². The summed E-state index contributed by atoms with van der Waals surface area (Å²) in [5, 5.41) is 0.500. The van der Waals surface area contributed by atoms with Crippen molar-refractivity contribution in [1.82, 2.24) is 23.7 Å². The van der Waals surface area contributed by atoms with Crippen molar-refractivity contribution in [3.8, 4) is 5.82 Å². The Morgan fingerprint density at radius 2 is 1.77 bits per heavy atom. The lowest BCUT2D eigenvalue weighted by molar-refractivity contribution is 0.548. The molecule has 0 amide bonds. The summed E-state index contributed by atoms with van der Waals surface area (Å²) < 4.78 is 4.74. The smallest absolute Gasteiger partial charge is 0.337 e. The zero-order valence-electron chi connectivity index (χ0n) is 14.0. The van der Waals surface area contributed by atoms with Gasteiger partial charge in [0.1, 0.15) is 5.82 Å². The molecule has 0 fully saturated rings. The highest BCUT2D eigenvalue weighted by Gasteiger charge is 2.14. The van der Waals surface area contributed by atoms with Crippen LogP contribution in [0.25, 0.3) is 16.7 Å². The van der Waals surface area contributed by atoms with Gasteiger partial charge in [-0.2, -0.15) is 0 Å². The molecule has 0 saturated carbocycles. The molecule has 3 heterocycles. The van der Waals surface area contributed by atoms with Crippen molar-refractivity contribution in [3.63, 3.8) is 0 Å². The van der Waals surface area contributed by atoms with Crippen molar-refractivity contribution in [3.05, 3.63) is 88.2 Å². The van der Waals surface area contributed by atoms with Gasteiger partial charge in [-0.25, -0.2) is 19.3 Å². The lowest BCUT2D eigenvalue weighted by atomic mass is 10.2. The molecule has 1 aromatic carbocycles. The third kappa shape index (κ3) is 2.83. The largest absolute Gasteiger partial charge is 0.337 e. The summed E-state index contributed by atoms with van der Waals surface area (Å²) in [5.41, 5.74) is -0.0893. The normalized spacial score (nSPS) is 11.1. The zero-order chi connectivity index (χ0) is 17.9. The maximum atomic E-state index is 13.1. The molecule has 4 aromatic rings. The van der Waals surface area contributed by atoms with Crippen molar-refractivity contribution in [2.75, 3.05) is 0 Å². The molecule has 0 N–H and O–H groups in total. The first-order chi connectivity index (χ1) is 12.8. The number of hydrogen-bond acceptors (Lipinski definition) is 4. The molecule has 130 valence electrons. The number of nitrogens with zero attached hydrogens (tertiary/aromatic N) is 5. The van der Waals surface area contributed by atoms with E-state index in [4.69, 9.17) is 0 Å². The molecular formula is C19H17N5O2. The highest BCUT2D eigenvalue weighted by molar-refractivity contribution is 5.78. The minimum Gasteiger partial charge on any atom is -0.337 e. The number of imidazole rings is 1. The van der Waals surface area contributed by atoms with Crippen LogP contribution in [0.3, 0.4) is 0 Å². The van der Waals surface area contributed by atoms with Gasteiger partial charge in [0.05, 0.1) is 17.2 Å². The number of para-hydroxylation sites is 1. The fourth-order valence-electron chi connectivity index (χ4n) is 3.06. The molecule has 4 rings (SSSR count). The van der Waals surface area contributed by atoms with Crippen LogP contribution in [-0.2, 0) is 13.1 Å². The monoisotopic (exact) mass is 347 g/mol. The Labute approximate surface area is 148 Å². The van der Waals surface area contributed by atoms with E-state index in [-0.39, 0.29) is 11.2 Å². The molecule has 3 aromatic heterocycles. The summed E-state index contributed by atoms with van der Waals surface area (Å²) in [4.78, 5) is 34.1. The summed E-state index contributed by atoms with van der Waals surface area (Å²) in [6, 6.07) is 12.3. The Hall–Kier alpha value is -3.48. The highest BCUT2D eigenvalue weighted by Crippen LogP contribution is 2.10. The van der Waals surface area contributed by atoms with Crippen LogP contribution in [0.2, 0.25) is 0 Å². The third-order valence-electron chi connectivity index (χ3n) is 4.29. The number of aromatic nitrogens is 5. The van der Waals surface area contributed by atoms with E-state index < -0.39 is 0 Å². The topological polar surface area (TPSA) is 74.7 Å². The number of fused-ring (bicyclic) bond motifs is 1. The van der Waals surface area contributed by atoms with Crippen LogP contribution >= 0.6 is 0 Å². The zero-order valence-corrected chi connectivity index (χ0v) is 14.0. The molecule has 7 heteroatoms. The molecule has 0 aliphatic rings. The van der Waals surface area contributed by atoms with Gasteiger partial charge < -0.3 is 4.57 Å². The summed E-state index contributed by atoms with van der Waals surface area (Å²) in [7, 11) is 0. The van der Waals surface area contributed by atoms with E-state index in [0.29, 0.717) is 23.3 Å². The number of aryl methyl sites for hydroxylation is 2. The van der Waals surface area contributed by atoms with Crippen molar-refractivity contribution < 1.29 is 0 Å². The standard InChI is InChI=1S/C19H17N5O2/c25-18-15-6-1-2-7-16(15)23(12-5-11-22-13-10-20-14-22)19(26)24(18)17-8-3-4-9-21-17/h1-4,6-10,13-14H,5,11-12H2. The number of pyridine rings is 1. The van der Waals surface area contributed by atoms with Gasteiger partial charge in [-0.3, -0.25) is 9.36 Å². The SMILES string of the molecule is O=c1c2ccccc2n(CCCn2ccnc2)c(=O)n1-c1ccccn1. The lowest BCUT2D eigenvalue weighted by Crippen LogP contribution is -2.39. The maximum Gasteiger partial charge on any atom is 0.337 e. The first kappa shape index (κ1) is 16.0. The number of hydrogen-bond donors (Lipinski definition) is 0. The van der Waals surface area contributed by atoms with Crippen LogP contribution < -0.4 is 11.2 Å². The molecule has 0 saturated heterocycles. The second-order valence-corrected chi connectivity index (χ2v) is 5.93. The summed E-state index contributed by atoms with van der Waals surface area (Å²) in [6.45, 7) is 1.23. The average Bonchev–Trinajstić information content (AvgIpc) is 3.19. The van der Waals surface area contributed by atoms with E-state index in [0.717, 1.165) is 17.5 Å². The van der Waals surface area contributed by atoms with Crippen LogP contribution in [0, 0.1) is 0 Å². The Bertz CT molecular complexity index is 1140. The molecule has 0 spiro atoms. The molecule has 0 aliphatic carbocycles.